The minimum Gasteiger partial charge on any atom is -0.469 e. The molecule has 3 heterocycles. The van der Waals surface area contributed by atoms with Gasteiger partial charge >= 0.3 is 5.97 Å². The van der Waals surface area contributed by atoms with Crippen molar-refractivity contribution in [1.82, 2.24) is 15.2 Å². The second kappa shape index (κ2) is 9.71. The minimum atomic E-state index is -0.238. The molecule has 1 aliphatic heterocycles. The lowest BCUT2D eigenvalue weighted by Gasteiger charge is -2.26. The summed E-state index contributed by atoms with van der Waals surface area (Å²) in [5, 5.41) is 4.65. The van der Waals surface area contributed by atoms with Gasteiger partial charge in [0.25, 0.3) is 0 Å². The van der Waals surface area contributed by atoms with E-state index in [9.17, 15) is 4.79 Å². The van der Waals surface area contributed by atoms with E-state index in [-0.39, 0.29) is 18.1 Å². The van der Waals surface area contributed by atoms with Crippen LogP contribution in [0.15, 0.2) is 59.1 Å². The zero-order chi connectivity index (χ0) is 22.7. The van der Waals surface area contributed by atoms with E-state index in [0.717, 1.165) is 28.3 Å². The molecular weight excluding hydrogens is 446 g/mol. The Morgan fingerprint density at radius 3 is 2.88 bits per heavy atom. The molecule has 0 aliphatic carbocycles. The lowest BCUT2D eigenvalue weighted by atomic mass is 10.0. The Balaban J connectivity index is 1.67. The molecule has 1 aliphatic rings. The first-order chi connectivity index (χ1) is 15.5. The second-order valence-corrected chi connectivity index (χ2v) is 8.48. The molecule has 166 valence electrons. The van der Waals surface area contributed by atoms with Gasteiger partial charge in [0, 0.05) is 29.7 Å². The number of thiocarbonyl (C=S) groups is 1. The molecule has 1 saturated heterocycles. The summed E-state index contributed by atoms with van der Waals surface area (Å²) >= 11 is 11.9. The highest BCUT2D eigenvalue weighted by atomic mass is 35.5. The minimum absolute atomic E-state index is 0.179. The molecule has 2 unspecified atom stereocenters. The normalized spacial score (nSPS) is 18.0. The van der Waals surface area contributed by atoms with E-state index in [1.807, 2.05) is 55.5 Å². The lowest BCUT2D eigenvalue weighted by molar-refractivity contribution is -0.140. The highest BCUT2D eigenvalue weighted by Gasteiger charge is 2.41. The van der Waals surface area contributed by atoms with Crippen LogP contribution in [-0.4, -0.2) is 34.6 Å². The molecule has 8 heteroatoms. The third-order valence-electron chi connectivity index (χ3n) is 5.59. The maximum Gasteiger partial charge on any atom is 0.305 e. The molecule has 1 aromatic carbocycles. The number of carbonyl (C=O) groups is 1. The van der Waals surface area contributed by atoms with Crippen molar-refractivity contribution in [3.8, 4) is 11.3 Å². The Labute approximate surface area is 197 Å². The summed E-state index contributed by atoms with van der Waals surface area (Å²) in [6.45, 7) is 2.61. The van der Waals surface area contributed by atoms with Crippen LogP contribution < -0.4 is 5.32 Å². The number of pyridine rings is 1. The molecule has 6 nitrogen and oxygen atoms in total. The van der Waals surface area contributed by atoms with Crippen LogP contribution in [0.4, 0.5) is 0 Å². The summed E-state index contributed by atoms with van der Waals surface area (Å²) < 4.78 is 11.1. The van der Waals surface area contributed by atoms with E-state index in [1.54, 1.807) is 6.20 Å². The molecule has 2 aromatic heterocycles. The quantitative estimate of drug-likeness (QED) is 0.375. The average molecular weight is 470 g/mol. The van der Waals surface area contributed by atoms with Crippen molar-refractivity contribution in [3.63, 3.8) is 0 Å². The predicted octanol–water partition coefficient (Wildman–Crippen LogP) is 5.23. The Bertz CT molecular complexity index is 1120. The number of nitrogens with one attached hydrogen (secondary N) is 1. The highest BCUT2D eigenvalue weighted by molar-refractivity contribution is 7.80. The zero-order valence-electron chi connectivity index (χ0n) is 17.9. The van der Waals surface area contributed by atoms with E-state index in [2.05, 4.69) is 15.2 Å². The highest BCUT2D eigenvalue weighted by Crippen LogP contribution is 2.41. The van der Waals surface area contributed by atoms with E-state index in [4.69, 9.17) is 33.0 Å². The maximum atomic E-state index is 11.6. The van der Waals surface area contributed by atoms with Gasteiger partial charge in [0.05, 0.1) is 18.8 Å². The van der Waals surface area contributed by atoms with Crippen LogP contribution in [0.2, 0.25) is 5.02 Å². The van der Waals surface area contributed by atoms with Crippen molar-refractivity contribution in [1.29, 1.82) is 0 Å². The number of halogens is 1. The summed E-state index contributed by atoms with van der Waals surface area (Å²) in [6, 6.07) is 15.1. The number of hydrogen-bond acceptors (Lipinski definition) is 5. The van der Waals surface area contributed by atoms with Crippen molar-refractivity contribution < 1.29 is 13.9 Å². The standard InChI is InChI=1S/C24H24ClN3O3S/c1-15-8-9-16(25)14-17(15)19-10-11-20(31-19)23-22(18-6-3-4-12-26-18)27-24(32)28(23)13-5-7-21(29)30-2/h3-4,6,8-12,14,22-23H,5,7,13H2,1-2H3,(H,27,32). The third-order valence-corrected chi connectivity index (χ3v) is 6.18. The maximum absolute atomic E-state index is 11.6. The number of aryl methyl sites for hydroxylation is 1. The van der Waals surface area contributed by atoms with Crippen molar-refractivity contribution in [2.24, 2.45) is 0 Å². The van der Waals surface area contributed by atoms with Crippen molar-refractivity contribution in [2.45, 2.75) is 31.8 Å². The number of methoxy groups -OCH3 is 1. The second-order valence-electron chi connectivity index (χ2n) is 7.66. The number of nitrogens with zero attached hydrogens (tertiary/aromatic N) is 2. The number of aromatic nitrogens is 1. The lowest BCUT2D eigenvalue weighted by Crippen LogP contribution is -2.30. The molecule has 0 saturated carbocycles. The van der Waals surface area contributed by atoms with Gasteiger partial charge in [-0.2, -0.15) is 0 Å². The van der Waals surface area contributed by atoms with Crippen molar-refractivity contribution in [3.05, 3.63) is 76.8 Å². The zero-order valence-corrected chi connectivity index (χ0v) is 19.4. The first-order valence-electron chi connectivity index (χ1n) is 10.4. The van der Waals surface area contributed by atoms with Gasteiger partial charge in [-0.05, 0) is 67.5 Å². The summed E-state index contributed by atoms with van der Waals surface area (Å²) in [7, 11) is 1.40. The number of furan rings is 1. The third kappa shape index (κ3) is 4.64. The van der Waals surface area contributed by atoms with Gasteiger partial charge in [0.1, 0.15) is 17.6 Å². The van der Waals surface area contributed by atoms with E-state index in [1.165, 1.54) is 7.11 Å². The fraction of sp³-hybridized carbons (Fsp3) is 0.292. The SMILES string of the molecule is COC(=O)CCCN1C(=S)NC(c2ccccn2)C1c1ccc(-c2cc(Cl)ccc2C)o1. The number of hydrogen-bond donors (Lipinski definition) is 1. The summed E-state index contributed by atoms with van der Waals surface area (Å²) in [5.41, 5.74) is 2.89. The van der Waals surface area contributed by atoms with Gasteiger partial charge in [0.15, 0.2) is 5.11 Å². The average Bonchev–Trinajstić information content (AvgIpc) is 3.40. The molecule has 0 spiro atoms. The van der Waals surface area contributed by atoms with Crippen LogP contribution >= 0.6 is 23.8 Å². The van der Waals surface area contributed by atoms with E-state index < -0.39 is 0 Å². The molecule has 0 bridgehead atoms. The monoisotopic (exact) mass is 469 g/mol. The largest absolute Gasteiger partial charge is 0.469 e. The number of benzene rings is 1. The van der Waals surface area contributed by atoms with Crippen molar-refractivity contribution in [2.75, 3.05) is 13.7 Å². The molecule has 2 atom stereocenters. The van der Waals surface area contributed by atoms with Crippen LogP contribution in [0.5, 0.6) is 0 Å². The first kappa shape index (κ1) is 22.3. The van der Waals surface area contributed by atoms with Crippen LogP contribution in [0.1, 0.15) is 41.9 Å². The van der Waals surface area contributed by atoms with Gasteiger partial charge in [-0.1, -0.05) is 23.7 Å². The molecule has 0 radical (unpaired) electrons. The summed E-state index contributed by atoms with van der Waals surface area (Å²) in [5.74, 6) is 1.27. The van der Waals surface area contributed by atoms with Gasteiger partial charge in [0.2, 0.25) is 0 Å². The molecule has 3 aromatic rings. The van der Waals surface area contributed by atoms with Gasteiger partial charge < -0.3 is 19.4 Å². The van der Waals surface area contributed by atoms with Crippen LogP contribution in [0, 0.1) is 6.92 Å². The van der Waals surface area contributed by atoms with E-state index >= 15 is 0 Å². The summed E-state index contributed by atoms with van der Waals surface area (Å²) in [4.78, 5) is 18.2. The molecular formula is C24H24ClN3O3S. The fourth-order valence-electron chi connectivity index (χ4n) is 3.97. The molecule has 1 N–H and O–H groups in total. The van der Waals surface area contributed by atoms with Gasteiger partial charge in [-0.25, -0.2) is 0 Å². The van der Waals surface area contributed by atoms with Crippen LogP contribution in [0.25, 0.3) is 11.3 Å². The Morgan fingerprint density at radius 2 is 2.12 bits per heavy atom. The molecule has 0 amide bonds. The Hall–Kier alpha value is -2.90. The number of rotatable bonds is 7. The fourth-order valence-corrected chi connectivity index (χ4v) is 4.47. The number of carbonyl (C=O) groups excluding carboxylic acids is 1. The number of ether oxygens (including phenoxy) is 1. The first-order valence-corrected chi connectivity index (χ1v) is 11.2. The predicted molar refractivity (Wildman–Crippen MR) is 127 cm³/mol. The smallest absolute Gasteiger partial charge is 0.305 e. The van der Waals surface area contributed by atoms with Gasteiger partial charge in [-0.3, -0.25) is 9.78 Å². The molecule has 32 heavy (non-hydrogen) atoms. The topological polar surface area (TPSA) is 67.6 Å². The molecule has 1 fully saturated rings. The van der Waals surface area contributed by atoms with E-state index in [0.29, 0.717) is 29.5 Å². The molecule has 4 rings (SSSR count). The van der Waals surface area contributed by atoms with Gasteiger partial charge in [-0.15, -0.1) is 0 Å². The summed E-state index contributed by atoms with van der Waals surface area (Å²) in [6.07, 6.45) is 2.70. The van der Waals surface area contributed by atoms with Crippen LogP contribution in [-0.2, 0) is 9.53 Å². The Morgan fingerprint density at radius 1 is 1.28 bits per heavy atom. The number of esters is 1. The van der Waals surface area contributed by atoms with Crippen LogP contribution in [0.3, 0.4) is 0 Å². The Kier molecular flexibility index (Phi) is 6.77. The van der Waals surface area contributed by atoms with Crippen molar-refractivity contribution >= 4 is 34.9 Å².